The average molecular weight is 356 g/mol. The first-order valence-corrected chi connectivity index (χ1v) is 10.5. The van der Waals surface area contributed by atoms with E-state index in [0.717, 1.165) is 63.9 Å². The maximum atomic E-state index is 12.8. The Kier molecular flexibility index (Phi) is 5.49. The van der Waals surface area contributed by atoms with Gasteiger partial charge in [-0.05, 0) is 56.1 Å². The Morgan fingerprint density at radius 1 is 1.00 bits per heavy atom. The molecule has 1 aliphatic heterocycles. The summed E-state index contributed by atoms with van der Waals surface area (Å²) in [4.78, 5) is 19.8. The van der Waals surface area contributed by atoms with E-state index in [1.807, 2.05) is 11.9 Å². The summed E-state index contributed by atoms with van der Waals surface area (Å²) in [7, 11) is 2.01. The normalized spacial score (nSPS) is 29.0. The molecule has 1 amide bonds. The predicted octanol–water partition coefficient (Wildman–Crippen LogP) is 3.09. The van der Waals surface area contributed by atoms with E-state index in [-0.39, 0.29) is 0 Å². The van der Waals surface area contributed by atoms with E-state index >= 15 is 0 Å². The highest BCUT2D eigenvalue weighted by atomic mass is 16.2. The Bertz CT molecular complexity index is 585. The molecule has 0 radical (unpaired) electrons. The molecule has 2 aliphatic carbocycles. The third-order valence-electron chi connectivity index (χ3n) is 6.81. The van der Waals surface area contributed by atoms with E-state index in [4.69, 9.17) is 0 Å². The van der Waals surface area contributed by atoms with Gasteiger partial charge in [-0.1, -0.05) is 18.2 Å². The molecule has 4 rings (SSSR count). The summed E-state index contributed by atoms with van der Waals surface area (Å²) in [5.41, 5.74) is 1.32. The second kappa shape index (κ2) is 7.99. The van der Waals surface area contributed by atoms with Gasteiger partial charge in [0.1, 0.15) is 0 Å². The van der Waals surface area contributed by atoms with Gasteiger partial charge in [-0.2, -0.15) is 0 Å². The lowest BCUT2D eigenvalue weighted by Gasteiger charge is -2.37. The first-order chi connectivity index (χ1) is 12.7. The van der Waals surface area contributed by atoms with Crippen LogP contribution in [0.1, 0.15) is 32.1 Å². The zero-order chi connectivity index (χ0) is 17.9. The van der Waals surface area contributed by atoms with Crippen LogP contribution >= 0.6 is 0 Å². The molecule has 1 saturated heterocycles. The molecule has 2 saturated carbocycles. The molecular weight excluding hydrogens is 322 g/mol. The molecule has 142 valence electrons. The van der Waals surface area contributed by atoms with Crippen LogP contribution in [0.4, 0.5) is 5.69 Å². The number of hydrogen-bond donors (Lipinski definition) is 0. The van der Waals surface area contributed by atoms with Crippen LogP contribution in [-0.4, -0.2) is 62.0 Å². The zero-order valence-corrected chi connectivity index (χ0v) is 16.1. The van der Waals surface area contributed by atoms with E-state index in [1.54, 1.807) is 0 Å². The number of likely N-dealkylation sites (N-methyl/N-ethyl adjacent to an activating group) is 1. The molecule has 4 heteroatoms. The van der Waals surface area contributed by atoms with Crippen LogP contribution in [0.15, 0.2) is 30.3 Å². The van der Waals surface area contributed by atoms with Crippen molar-refractivity contribution in [3.8, 4) is 0 Å². The maximum absolute atomic E-state index is 12.8. The zero-order valence-electron chi connectivity index (χ0n) is 16.1. The Morgan fingerprint density at radius 3 is 2.31 bits per heavy atom. The molecule has 1 heterocycles. The fourth-order valence-corrected chi connectivity index (χ4v) is 4.82. The van der Waals surface area contributed by atoms with Crippen molar-refractivity contribution in [3.63, 3.8) is 0 Å². The van der Waals surface area contributed by atoms with Crippen molar-refractivity contribution in [2.45, 2.75) is 32.1 Å². The van der Waals surface area contributed by atoms with E-state index in [2.05, 4.69) is 40.1 Å². The third kappa shape index (κ3) is 4.22. The van der Waals surface area contributed by atoms with Crippen LogP contribution in [0.5, 0.6) is 0 Å². The first-order valence-electron chi connectivity index (χ1n) is 10.5. The number of amides is 1. The predicted molar refractivity (Wildman–Crippen MR) is 106 cm³/mol. The summed E-state index contributed by atoms with van der Waals surface area (Å²) in [5, 5.41) is 0. The summed E-state index contributed by atoms with van der Waals surface area (Å²) >= 11 is 0. The Morgan fingerprint density at radius 2 is 1.65 bits per heavy atom. The minimum Gasteiger partial charge on any atom is -0.369 e. The van der Waals surface area contributed by atoms with Gasteiger partial charge in [-0.15, -0.1) is 0 Å². The highest BCUT2D eigenvalue weighted by Crippen LogP contribution is 2.49. The number of rotatable bonds is 5. The molecule has 3 aliphatic rings. The lowest BCUT2D eigenvalue weighted by atomic mass is 9.97. The number of carbonyl (C=O) groups is 1. The van der Waals surface area contributed by atoms with E-state index in [0.29, 0.717) is 11.8 Å². The van der Waals surface area contributed by atoms with Crippen molar-refractivity contribution in [2.75, 3.05) is 51.2 Å². The quantitative estimate of drug-likeness (QED) is 0.812. The summed E-state index contributed by atoms with van der Waals surface area (Å²) in [6.45, 7) is 6.20. The summed E-state index contributed by atoms with van der Waals surface area (Å²) in [5.74, 6) is 2.61. The topological polar surface area (TPSA) is 26.8 Å². The van der Waals surface area contributed by atoms with Crippen LogP contribution in [0.2, 0.25) is 0 Å². The average Bonchev–Trinajstić information content (AvgIpc) is 3.46. The van der Waals surface area contributed by atoms with Crippen molar-refractivity contribution < 1.29 is 4.79 Å². The molecule has 0 bridgehead atoms. The highest BCUT2D eigenvalue weighted by Gasteiger charge is 2.40. The fraction of sp³-hybridized carbons (Fsp3) is 0.682. The molecule has 3 atom stereocenters. The molecule has 0 aromatic heterocycles. The number of piperazine rings is 1. The van der Waals surface area contributed by atoms with Crippen LogP contribution in [0, 0.1) is 17.8 Å². The Labute approximate surface area is 158 Å². The molecule has 1 aromatic carbocycles. The molecule has 4 nitrogen and oxygen atoms in total. The number of nitrogens with zero attached hydrogens (tertiary/aromatic N) is 3. The molecule has 26 heavy (non-hydrogen) atoms. The summed E-state index contributed by atoms with van der Waals surface area (Å²) < 4.78 is 0. The molecule has 3 fully saturated rings. The molecule has 0 N–H and O–H groups in total. The third-order valence-corrected chi connectivity index (χ3v) is 6.81. The summed E-state index contributed by atoms with van der Waals surface area (Å²) in [6, 6.07) is 10.7. The van der Waals surface area contributed by atoms with Crippen LogP contribution in [0.25, 0.3) is 0 Å². The number of hydrogen-bond acceptors (Lipinski definition) is 3. The number of fused-ring (bicyclic) bond motifs is 1. The van der Waals surface area contributed by atoms with Gasteiger partial charge in [0.05, 0.1) is 0 Å². The number of anilines is 1. The number of benzene rings is 1. The van der Waals surface area contributed by atoms with Crippen molar-refractivity contribution in [3.05, 3.63) is 30.3 Å². The monoisotopic (exact) mass is 355 g/mol. The standard InChI is InChI=1S/C22H33N3O/c1-23(22(26)18-7-9-19-17-20(19)10-8-18)11-12-24-13-15-25(16-14-24)21-5-3-2-4-6-21/h2-6,18-20H,7-17H2,1H3/t18?,19-,20+. The second-order valence-corrected chi connectivity index (χ2v) is 8.53. The lowest BCUT2D eigenvalue weighted by molar-refractivity contribution is -0.134. The van der Waals surface area contributed by atoms with Crippen LogP contribution in [-0.2, 0) is 4.79 Å². The minimum atomic E-state index is 0.294. The SMILES string of the molecule is CN(CCN1CCN(c2ccccc2)CC1)C(=O)C1CC[C@@H]2C[C@@H]2CC1. The smallest absolute Gasteiger partial charge is 0.225 e. The fourth-order valence-electron chi connectivity index (χ4n) is 4.82. The van der Waals surface area contributed by atoms with Gasteiger partial charge in [0.15, 0.2) is 0 Å². The first kappa shape index (κ1) is 17.8. The minimum absolute atomic E-state index is 0.294. The van der Waals surface area contributed by atoms with Gasteiger partial charge in [0.25, 0.3) is 0 Å². The van der Waals surface area contributed by atoms with Crippen molar-refractivity contribution in [2.24, 2.45) is 17.8 Å². The molecular formula is C22H33N3O. The largest absolute Gasteiger partial charge is 0.369 e. The summed E-state index contributed by atoms with van der Waals surface area (Å²) in [6.07, 6.45) is 6.26. The van der Waals surface area contributed by atoms with E-state index in [9.17, 15) is 4.79 Å². The second-order valence-electron chi connectivity index (χ2n) is 8.53. The van der Waals surface area contributed by atoms with Crippen LogP contribution in [0.3, 0.4) is 0 Å². The number of carbonyl (C=O) groups excluding carboxylic acids is 1. The van der Waals surface area contributed by atoms with Gasteiger partial charge in [0, 0.05) is 57.9 Å². The van der Waals surface area contributed by atoms with Crippen molar-refractivity contribution in [1.82, 2.24) is 9.80 Å². The molecule has 0 spiro atoms. The maximum Gasteiger partial charge on any atom is 0.225 e. The van der Waals surface area contributed by atoms with Gasteiger partial charge >= 0.3 is 0 Å². The van der Waals surface area contributed by atoms with Gasteiger partial charge < -0.3 is 9.80 Å². The Balaban J connectivity index is 1.19. The molecule has 1 aromatic rings. The van der Waals surface area contributed by atoms with Gasteiger partial charge in [-0.3, -0.25) is 9.69 Å². The van der Waals surface area contributed by atoms with Crippen LogP contribution < -0.4 is 4.90 Å². The highest BCUT2D eigenvalue weighted by molar-refractivity contribution is 5.78. The molecule has 1 unspecified atom stereocenters. The number of para-hydroxylation sites is 1. The van der Waals surface area contributed by atoms with Gasteiger partial charge in [-0.25, -0.2) is 0 Å². The van der Waals surface area contributed by atoms with Crippen molar-refractivity contribution >= 4 is 11.6 Å². The van der Waals surface area contributed by atoms with E-state index in [1.165, 1.54) is 24.9 Å². The van der Waals surface area contributed by atoms with E-state index < -0.39 is 0 Å². The Hall–Kier alpha value is -1.55. The van der Waals surface area contributed by atoms with Crippen molar-refractivity contribution in [1.29, 1.82) is 0 Å². The van der Waals surface area contributed by atoms with Gasteiger partial charge in [0.2, 0.25) is 5.91 Å². The lowest BCUT2D eigenvalue weighted by Crippen LogP contribution is -2.49.